The van der Waals surface area contributed by atoms with E-state index in [2.05, 4.69) is 36.3 Å². The molecule has 2 aromatic rings. The Hall–Kier alpha value is -1.89. The van der Waals surface area contributed by atoms with Gasteiger partial charge in [0.15, 0.2) is 0 Å². The fourth-order valence-electron chi connectivity index (χ4n) is 2.50. The summed E-state index contributed by atoms with van der Waals surface area (Å²) in [4.78, 5) is 14.7. The van der Waals surface area contributed by atoms with Gasteiger partial charge in [0.05, 0.1) is 11.8 Å². The van der Waals surface area contributed by atoms with Crippen molar-refractivity contribution in [3.63, 3.8) is 0 Å². The van der Waals surface area contributed by atoms with Crippen molar-refractivity contribution >= 4 is 17.7 Å². The number of hydrogen-bond donors (Lipinski definition) is 0. The summed E-state index contributed by atoms with van der Waals surface area (Å²) >= 11 is 1.42. The van der Waals surface area contributed by atoms with Crippen LogP contribution in [0.1, 0.15) is 45.2 Å². The van der Waals surface area contributed by atoms with E-state index in [1.807, 2.05) is 39.9 Å². The number of thioether (sulfide) groups is 1. The number of amides is 1. The third-order valence-corrected chi connectivity index (χ3v) is 4.89. The lowest BCUT2D eigenvalue weighted by molar-refractivity contribution is -0.133. The third-order valence-electron chi connectivity index (χ3n) is 3.97. The van der Waals surface area contributed by atoms with E-state index < -0.39 is 0 Å². The number of rotatable bonds is 6. The summed E-state index contributed by atoms with van der Waals surface area (Å²) in [6, 6.07) is 10.5. The van der Waals surface area contributed by atoms with Gasteiger partial charge in [-0.05, 0) is 49.6 Å². The maximum atomic E-state index is 12.8. The van der Waals surface area contributed by atoms with Crippen molar-refractivity contribution in [1.29, 1.82) is 0 Å². The Morgan fingerprint density at radius 1 is 1.29 bits per heavy atom. The second kappa shape index (κ2) is 6.93. The molecule has 0 bridgehead atoms. The number of carbonyl (C=O) groups is 1. The van der Waals surface area contributed by atoms with Gasteiger partial charge in [-0.25, -0.2) is 4.68 Å². The normalized spacial score (nSPS) is 14.6. The van der Waals surface area contributed by atoms with E-state index in [0.717, 1.165) is 23.6 Å². The second-order valence-corrected chi connectivity index (χ2v) is 8.00. The van der Waals surface area contributed by atoms with Crippen molar-refractivity contribution in [3.8, 4) is 0 Å². The maximum Gasteiger partial charge on any atom is 0.233 e. The lowest BCUT2D eigenvalue weighted by Gasteiger charge is -2.36. The maximum absolute atomic E-state index is 12.8. The summed E-state index contributed by atoms with van der Waals surface area (Å²) in [5.41, 5.74) is 0.893. The predicted octanol–water partition coefficient (Wildman–Crippen LogP) is 2.93. The van der Waals surface area contributed by atoms with Crippen LogP contribution >= 0.6 is 11.8 Å². The van der Waals surface area contributed by atoms with Gasteiger partial charge in [-0.3, -0.25) is 4.79 Å². The molecule has 0 radical (unpaired) electrons. The monoisotopic (exact) mass is 345 g/mol. The Kier molecular flexibility index (Phi) is 4.89. The van der Waals surface area contributed by atoms with Gasteiger partial charge in [-0.2, -0.15) is 0 Å². The van der Waals surface area contributed by atoms with E-state index in [0.29, 0.717) is 18.3 Å². The Labute approximate surface area is 146 Å². The molecule has 1 aromatic heterocycles. The molecule has 0 spiro atoms. The number of hydrogen-bond acceptors (Lipinski definition) is 5. The number of tetrazole rings is 1. The van der Waals surface area contributed by atoms with Crippen LogP contribution in [0.2, 0.25) is 0 Å². The first-order valence-corrected chi connectivity index (χ1v) is 9.19. The quantitative estimate of drug-likeness (QED) is 0.753. The molecule has 0 atom stereocenters. The van der Waals surface area contributed by atoms with Crippen LogP contribution in [-0.4, -0.2) is 42.3 Å². The largest absolute Gasteiger partial charge is 0.333 e. The van der Waals surface area contributed by atoms with E-state index in [1.165, 1.54) is 11.8 Å². The minimum Gasteiger partial charge on any atom is -0.333 e. The van der Waals surface area contributed by atoms with Crippen LogP contribution in [-0.2, 0) is 11.3 Å². The molecule has 0 N–H and O–H groups in total. The van der Waals surface area contributed by atoms with Gasteiger partial charge in [-0.15, -0.1) is 5.10 Å². The zero-order valence-electron chi connectivity index (χ0n) is 14.3. The topological polar surface area (TPSA) is 63.9 Å². The smallest absolute Gasteiger partial charge is 0.233 e. The third kappa shape index (κ3) is 4.14. The number of nitrogens with zero attached hydrogens (tertiary/aromatic N) is 5. The van der Waals surface area contributed by atoms with Crippen molar-refractivity contribution in [2.75, 3.05) is 5.75 Å². The summed E-state index contributed by atoms with van der Waals surface area (Å²) < 4.78 is 1.84. The van der Waals surface area contributed by atoms with Crippen LogP contribution in [0.25, 0.3) is 0 Å². The summed E-state index contributed by atoms with van der Waals surface area (Å²) in [7, 11) is 0. The van der Waals surface area contributed by atoms with Crippen LogP contribution < -0.4 is 0 Å². The number of benzene rings is 1. The van der Waals surface area contributed by atoms with E-state index in [1.54, 1.807) is 0 Å². The molecule has 1 saturated carbocycles. The molecule has 3 rings (SSSR count). The molecule has 1 heterocycles. The zero-order chi connectivity index (χ0) is 17.2. The molecule has 0 saturated heterocycles. The minimum atomic E-state index is -0.240. The van der Waals surface area contributed by atoms with E-state index >= 15 is 0 Å². The summed E-state index contributed by atoms with van der Waals surface area (Å²) in [5, 5.41) is 12.6. The van der Waals surface area contributed by atoms with Crippen molar-refractivity contribution in [3.05, 3.63) is 35.9 Å². The van der Waals surface area contributed by atoms with Crippen LogP contribution in [0.5, 0.6) is 0 Å². The molecule has 0 aliphatic heterocycles. The van der Waals surface area contributed by atoms with Gasteiger partial charge in [-0.1, -0.05) is 42.1 Å². The zero-order valence-corrected chi connectivity index (χ0v) is 15.2. The lowest BCUT2D eigenvalue weighted by Crippen LogP contribution is -2.45. The Morgan fingerprint density at radius 3 is 2.62 bits per heavy atom. The fourth-order valence-corrected chi connectivity index (χ4v) is 3.32. The van der Waals surface area contributed by atoms with Gasteiger partial charge in [0.25, 0.3) is 0 Å². The molecule has 128 valence electrons. The summed E-state index contributed by atoms with van der Waals surface area (Å²) in [6.45, 7) is 6.80. The Bertz CT molecular complexity index is 691. The SMILES string of the molecule is CC(C)(C)N(Cc1ccccc1)C(=O)CSc1nnnn1C1CC1. The molecule has 1 fully saturated rings. The highest BCUT2D eigenvalue weighted by Gasteiger charge is 2.30. The highest BCUT2D eigenvalue weighted by Crippen LogP contribution is 2.36. The molecule has 1 aromatic carbocycles. The Morgan fingerprint density at radius 2 is 2.00 bits per heavy atom. The minimum absolute atomic E-state index is 0.0988. The molecule has 1 aliphatic rings. The van der Waals surface area contributed by atoms with Gasteiger partial charge in [0.2, 0.25) is 11.1 Å². The van der Waals surface area contributed by atoms with Crippen LogP contribution in [0, 0.1) is 0 Å². The average molecular weight is 345 g/mol. The second-order valence-electron chi connectivity index (χ2n) is 7.06. The average Bonchev–Trinajstić information content (AvgIpc) is 3.28. The van der Waals surface area contributed by atoms with Gasteiger partial charge < -0.3 is 4.90 Å². The first-order chi connectivity index (χ1) is 11.4. The van der Waals surface area contributed by atoms with Crippen molar-refractivity contribution in [1.82, 2.24) is 25.1 Å². The number of aromatic nitrogens is 4. The predicted molar refractivity (Wildman–Crippen MR) is 93.6 cm³/mol. The molecule has 24 heavy (non-hydrogen) atoms. The van der Waals surface area contributed by atoms with Gasteiger partial charge in [0.1, 0.15) is 0 Å². The van der Waals surface area contributed by atoms with Crippen LogP contribution in [0.3, 0.4) is 0 Å². The highest BCUT2D eigenvalue weighted by atomic mass is 32.2. The van der Waals surface area contributed by atoms with E-state index in [4.69, 9.17) is 0 Å². The van der Waals surface area contributed by atoms with Gasteiger partial charge in [0, 0.05) is 12.1 Å². The number of carbonyl (C=O) groups excluding carboxylic acids is 1. The molecular formula is C17H23N5OS. The van der Waals surface area contributed by atoms with Gasteiger partial charge >= 0.3 is 0 Å². The summed E-state index contributed by atoms with van der Waals surface area (Å²) in [6.07, 6.45) is 2.24. The van der Waals surface area contributed by atoms with Crippen molar-refractivity contribution in [2.24, 2.45) is 0 Å². The van der Waals surface area contributed by atoms with Crippen molar-refractivity contribution in [2.45, 2.75) is 56.9 Å². The van der Waals surface area contributed by atoms with Crippen molar-refractivity contribution < 1.29 is 4.79 Å². The Balaban J connectivity index is 1.66. The lowest BCUT2D eigenvalue weighted by atomic mass is 10.0. The standard InChI is InChI=1S/C17H23N5OS/c1-17(2,3)21(11-13-7-5-4-6-8-13)15(23)12-24-16-18-19-20-22(16)14-9-10-14/h4-8,14H,9-12H2,1-3H3. The first kappa shape index (κ1) is 17.0. The van der Waals surface area contributed by atoms with E-state index in [-0.39, 0.29) is 11.4 Å². The molecule has 6 nitrogen and oxygen atoms in total. The molecule has 7 heteroatoms. The molecule has 1 aliphatic carbocycles. The van der Waals surface area contributed by atoms with Crippen LogP contribution in [0.15, 0.2) is 35.5 Å². The highest BCUT2D eigenvalue weighted by molar-refractivity contribution is 7.99. The first-order valence-electron chi connectivity index (χ1n) is 8.20. The molecule has 1 amide bonds. The fraction of sp³-hybridized carbons (Fsp3) is 0.529. The molecule has 0 unspecified atom stereocenters. The van der Waals surface area contributed by atoms with Crippen LogP contribution in [0.4, 0.5) is 0 Å². The summed E-state index contributed by atoms with van der Waals surface area (Å²) in [5.74, 6) is 0.443. The molecular weight excluding hydrogens is 322 g/mol. The van der Waals surface area contributed by atoms with E-state index in [9.17, 15) is 4.79 Å².